The van der Waals surface area contributed by atoms with E-state index in [0.717, 1.165) is 6.42 Å². The third kappa shape index (κ3) is 4.62. The van der Waals surface area contributed by atoms with E-state index in [-0.39, 0.29) is 16.7 Å². The maximum absolute atomic E-state index is 11.5. The van der Waals surface area contributed by atoms with Gasteiger partial charge in [-0.2, -0.15) is 0 Å². The van der Waals surface area contributed by atoms with Gasteiger partial charge in [-0.15, -0.1) is 6.58 Å². The Morgan fingerprint density at radius 1 is 0.900 bits per heavy atom. The van der Waals surface area contributed by atoms with Crippen LogP contribution in [0, 0.1) is 16.7 Å². The van der Waals surface area contributed by atoms with Crippen LogP contribution in [-0.2, 0) is 0 Å². The summed E-state index contributed by atoms with van der Waals surface area (Å²) >= 11 is 0. The zero-order chi connectivity index (χ0) is 16.0. The minimum absolute atomic E-state index is 0.157. The van der Waals surface area contributed by atoms with Crippen molar-refractivity contribution in [3.8, 4) is 0 Å². The highest BCUT2D eigenvalue weighted by Crippen LogP contribution is 2.50. The van der Waals surface area contributed by atoms with Crippen molar-refractivity contribution in [2.45, 2.75) is 92.6 Å². The van der Waals surface area contributed by atoms with Crippen molar-refractivity contribution >= 4 is 0 Å². The first kappa shape index (κ1) is 19.7. The number of unbranched alkanes of at least 4 members (excludes halogenated alkanes) is 4. The highest BCUT2D eigenvalue weighted by atomic mass is 16.3. The van der Waals surface area contributed by atoms with E-state index in [9.17, 15) is 5.11 Å². The van der Waals surface area contributed by atoms with Crippen LogP contribution < -0.4 is 0 Å². The van der Waals surface area contributed by atoms with Crippen molar-refractivity contribution in [1.82, 2.24) is 0 Å². The maximum atomic E-state index is 11.5. The summed E-state index contributed by atoms with van der Waals surface area (Å²) in [6.07, 6.45) is 9.38. The summed E-state index contributed by atoms with van der Waals surface area (Å²) in [5.74, 6) is 0.157. The summed E-state index contributed by atoms with van der Waals surface area (Å²) < 4.78 is 0. The van der Waals surface area contributed by atoms with Gasteiger partial charge in [-0.3, -0.25) is 0 Å². The lowest BCUT2D eigenvalue weighted by molar-refractivity contribution is -0.166. The lowest BCUT2D eigenvalue weighted by Crippen LogP contribution is -2.57. The molecule has 1 nitrogen and oxygen atoms in total. The van der Waals surface area contributed by atoms with Crippen molar-refractivity contribution in [2.75, 3.05) is 0 Å². The first-order valence-electron chi connectivity index (χ1n) is 8.37. The molecule has 0 bridgehead atoms. The second-order valence-electron chi connectivity index (χ2n) is 8.31. The smallest absolute Gasteiger partial charge is 0.0805 e. The predicted octanol–water partition coefficient (Wildman–Crippen LogP) is 5.97. The molecule has 0 saturated heterocycles. The Kier molecular flexibility index (Phi) is 7.52. The number of hydrogen-bond acceptors (Lipinski definition) is 1. The van der Waals surface area contributed by atoms with E-state index in [1.54, 1.807) is 0 Å². The van der Waals surface area contributed by atoms with E-state index in [2.05, 4.69) is 55.0 Å². The highest BCUT2D eigenvalue weighted by Gasteiger charge is 2.52. The normalized spacial score (nSPS) is 15.2. The van der Waals surface area contributed by atoms with Crippen LogP contribution in [0.15, 0.2) is 12.7 Å². The maximum Gasteiger partial charge on any atom is 0.0805 e. The van der Waals surface area contributed by atoms with Crippen LogP contribution in [0.2, 0.25) is 0 Å². The Balaban J connectivity index is 4.91. The van der Waals surface area contributed by atoms with Gasteiger partial charge in [0.05, 0.1) is 5.60 Å². The van der Waals surface area contributed by atoms with Gasteiger partial charge in [-0.05, 0) is 17.3 Å². The first-order valence-corrected chi connectivity index (χ1v) is 8.37. The number of hydrogen-bond donors (Lipinski definition) is 1. The molecule has 0 aromatic carbocycles. The van der Waals surface area contributed by atoms with Gasteiger partial charge in [-0.1, -0.05) is 86.6 Å². The molecule has 120 valence electrons. The Morgan fingerprint density at radius 3 is 1.70 bits per heavy atom. The Morgan fingerprint density at radius 2 is 1.35 bits per heavy atom. The fourth-order valence-corrected chi connectivity index (χ4v) is 3.70. The summed E-state index contributed by atoms with van der Waals surface area (Å²) in [6, 6.07) is 0. The van der Waals surface area contributed by atoms with Crippen LogP contribution in [0.4, 0.5) is 0 Å². The molecule has 1 unspecified atom stereocenters. The standard InChI is InChI=1S/C19H38O/c1-9-11-12-13-14-15-16(10-2)19(20,17(3,4)5)18(6,7)8/h10,16,20H,2,9,11-15H2,1,3-8H3. The molecule has 1 N–H and O–H groups in total. The number of rotatable bonds is 8. The molecule has 20 heavy (non-hydrogen) atoms. The largest absolute Gasteiger partial charge is 0.388 e. The Labute approximate surface area is 127 Å². The lowest BCUT2D eigenvalue weighted by atomic mass is 9.56. The van der Waals surface area contributed by atoms with E-state index in [1.807, 2.05) is 6.08 Å². The Bertz CT molecular complexity index is 263. The molecule has 0 aliphatic heterocycles. The molecule has 0 aromatic heterocycles. The van der Waals surface area contributed by atoms with Crippen molar-refractivity contribution in [3.05, 3.63) is 12.7 Å². The molecule has 0 spiro atoms. The summed E-state index contributed by atoms with van der Waals surface area (Å²) in [7, 11) is 0. The van der Waals surface area contributed by atoms with E-state index in [1.165, 1.54) is 32.1 Å². The van der Waals surface area contributed by atoms with Crippen LogP contribution in [-0.4, -0.2) is 10.7 Å². The molecule has 0 aliphatic carbocycles. The summed E-state index contributed by atoms with van der Waals surface area (Å²) in [5, 5.41) is 11.5. The summed E-state index contributed by atoms with van der Waals surface area (Å²) in [4.78, 5) is 0. The van der Waals surface area contributed by atoms with Crippen LogP contribution in [0.3, 0.4) is 0 Å². The minimum Gasteiger partial charge on any atom is -0.388 e. The van der Waals surface area contributed by atoms with Gasteiger partial charge in [0.15, 0.2) is 0 Å². The van der Waals surface area contributed by atoms with Crippen LogP contribution in [0.25, 0.3) is 0 Å². The molecular weight excluding hydrogens is 244 g/mol. The van der Waals surface area contributed by atoms with Gasteiger partial charge < -0.3 is 5.11 Å². The highest BCUT2D eigenvalue weighted by molar-refractivity contribution is 5.08. The molecule has 0 rings (SSSR count). The van der Waals surface area contributed by atoms with Gasteiger partial charge in [0.1, 0.15) is 0 Å². The van der Waals surface area contributed by atoms with E-state index in [4.69, 9.17) is 0 Å². The fourth-order valence-electron chi connectivity index (χ4n) is 3.70. The molecule has 0 fully saturated rings. The third-order valence-electron chi connectivity index (χ3n) is 4.73. The molecule has 1 atom stereocenters. The van der Waals surface area contributed by atoms with Gasteiger partial charge in [0.25, 0.3) is 0 Å². The van der Waals surface area contributed by atoms with Crippen LogP contribution >= 0.6 is 0 Å². The third-order valence-corrected chi connectivity index (χ3v) is 4.73. The van der Waals surface area contributed by atoms with Gasteiger partial charge >= 0.3 is 0 Å². The second-order valence-corrected chi connectivity index (χ2v) is 8.31. The average molecular weight is 283 g/mol. The van der Waals surface area contributed by atoms with Gasteiger partial charge in [0, 0.05) is 5.92 Å². The molecule has 0 radical (unpaired) electrons. The topological polar surface area (TPSA) is 20.2 Å². The zero-order valence-electron chi connectivity index (χ0n) is 15.1. The van der Waals surface area contributed by atoms with E-state index < -0.39 is 5.60 Å². The molecular formula is C19H38O. The lowest BCUT2D eigenvalue weighted by Gasteiger charge is -2.53. The van der Waals surface area contributed by atoms with Crippen molar-refractivity contribution in [1.29, 1.82) is 0 Å². The van der Waals surface area contributed by atoms with Gasteiger partial charge in [0.2, 0.25) is 0 Å². The van der Waals surface area contributed by atoms with Gasteiger partial charge in [-0.25, -0.2) is 0 Å². The monoisotopic (exact) mass is 282 g/mol. The van der Waals surface area contributed by atoms with E-state index >= 15 is 0 Å². The molecule has 1 heteroatoms. The molecule has 0 saturated carbocycles. The van der Waals surface area contributed by atoms with Crippen LogP contribution in [0.5, 0.6) is 0 Å². The summed E-state index contributed by atoms with van der Waals surface area (Å²) in [6.45, 7) is 19.1. The fraction of sp³-hybridized carbons (Fsp3) is 0.895. The predicted molar refractivity (Wildman–Crippen MR) is 90.9 cm³/mol. The first-order chi connectivity index (χ1) is 9.02. The minimum atomic E-state index is -0.730. The van der Waals surface area contributed by atoms with E-state index in [0.29, 0.717) is 0 Å². The summed E-state index contributed by atoms with van der Waals surface area (Å²) in [5.41, 5.74) is -1.05. The second kappa shape index (κ2) is 7.64. The Hall–Kier alpha value is -0.300. The quantitative estimate of drug-likeness (QED) is 0.429. The average Bonchev–Trinajstić information content (AvgIpc) is 2.30. The van der Waals surface area contributed by atoms with Crippen molar-refractivity contribution < 1.29 is 5.11 Å². The molecule has 0 aliphatic rings. The van der Waals surface area contributed by atoms with Crippen molar-refractivity contribution in [2.24, 2.45) is 16.7 Å². The molecule has 0 amide bonds. The SMILES string of the molecule is C=CC(CCCCCCC)C(O)(C(C)(C)C)C(C)(C)C. The van der Waals surface area contributed by atoms with Crippen molar-refractivity contribution in [3.63, 3.8) is 0 Å². The molecule has 0 aromatic rings. The zero-order valence-corrected chi connectivity index (χ0v) is 15.1. The molecule has 0 heterocycles. The van der Waals surface area contributed by atoms with Crippen LogP contribution in [0.1, 0.15) is 87.0 Å². The number of aliphatic hydroxyl groups is 1.